The first-order valence-corrected chi connectivity index (χ1v) is 7.82. The highest BCUT2D eigenvalue weighted by Crippen LogP contribution is 2.24. The van der Waals surface area contributed by atoms with Gasteiger partial charge in [0.15, 0.2) is 0 Å². The Morgan fingerprint density at radius 2 is 1.80 bits per heavy atom. The minimum atomic E-state index is -3.66. The molecule has 0 saturated heterocycles. The minimum absolute atomic E-state index is 0.163. The van der Waals surface area contributed by atoms with E-state index in [2.05, 4.69) is 6.58 Å². The molecule has 0 aliphatic carbocycles. The van der Waals surface area contributed by atoms with E-state index in [9.17, 15) is 8.42 Å². The zero-order valence-corrected chi connectivity index (χ0v) is 12.3. The van der Waals surface area contributed by atoms with E-state index in [0.29, 0.717) is 10.7 Å². The number of rotatable bonds is 5. The van der Waals surface area contributed by atoms with Crippen molar-refractivity contribution >= 4 is 27.3 Å². The maximum Gasteiger partial charge on any atom is 0.264 e. The highest BCUT2D eigenvalue weighted by atomic mass is 35.5. The summed E-state index contributed by atoms with van der Waals surface area (Å²) < 4.78 is 26.7. The number of hydrogen-bond donors (Lipinski definition) is 0. The summed E-state index contributed by atoms with van der Waals surface area (Å²) in [6, 6.07) is 15.1. The first kappa shape index (κ1) is 14.6. The molecular formula is C15H14ClNO2S. The van der Waals surface area contributed by atoms with E-state index in [4.69, 9.17) is 11.6 Å². The van der Waals surface area contributed by atoms with E-state index in [-0.39, 0.29) is 11.4 Å². The summed E-state index contributed by atoms with van der Waals surface area (Å²) in [5.41, 5.74) is 0.590. The molecule has 0 atom stereocenters. The second kappa shape index (κ2) is 6.11. The van der Waals surface area contributed by atoms with Gasteiger partial charge in [-0.15, -0.1) is 6.58 Å². The number of hydrogen-bond acceptors (Lipinski definition) is 2. The standard InChI is InChI=1S/C15H14ClNO2S/c1-2-11-17(14-8-4-3-5-9-14)20(18,19)15-10-6-7-13(16)12-15/h2-10,12H,1,11H2. The van der Waals surface area contributed by atoms with Crippen LogP contribution in [0.3, 0.4) is 0 Å². The van der Waals surface area contributed by atoms with E-state index in [1.165, 1.54) is 16.4 Å². The Kier molecular flexibility index (Phi) is 4.47. The lowest BCUT2D eigenvalue weighted by Crippen LogP contribution is -2.31. The molecule has 20 heavy (non-hydrogen) atoms. The molecule has 0 aliphatic rings. The zero-order valence-electron chi connectivity index (χ0n) is 10.7. The molecule has 0 N–H and O–H groups in total. The summed E-state index contributed by atoms with van der Waals surface area (Å²) in [6.45, 7) is 3.81. The van der Waals surface area contributed by atoms with Gasteiger partial charge < -0.3 is 0 Å². The lowest BCUT2D eigenvalue weighted by atomic mass is 10.3. The Balaban J connectivity index is 2.51. The van der Waals surface area contributed by atoms with Crippen LogP contribution in [0.15, 0.2) is 72.1 Å². The normalized spacial score (nSPS) is 11.1. The van der Waals surface area contributed by atoms with Crippen LogP contribution in [0.4, 0.5) is 5.69 Å². The maximum absolute atomic E-state index is 12.7. The topological polar surface area (TPSA) is 37.4 Å². The third-order valence-electron chi connectivity index (χ3n) is 2.72. The molecule has 5 heteroatoms. The third kappa shape index (κ3) is 3.03. The number of para-hydroxylation sites is 1. The first-order chi connectivity index (χ1) is 9.55. The van der Waals surface area contributed by atoms with Crippen molar-refractivity contribution in [2.24, 2.45) is 0 Å². The molecule has 0 radical (unpaired) electrons. The quantitative estimate of drug-likeness (QED) is 0.789. The van der Waals surface area contributed by atoms with Crippen molar-refractivity contribution < 1.29 is 8.42 Å². The van der Waals surface area contributed by atoms with Crippen LogP contribution < -0.4 is 4.31 Å². The average Bonchev–Trinajstić information content (AvgIpc) is 2.45. The molecule has 0 fully saturated rings. The monoisotopic (exact) mass is 307 g/mol. The largest absolute Gasteiger partial charge is 0.264 e. The van der Waals surface area contributed by atoms with Crippen molar-refractivity contribution in [3.05, 3.63) is 72.3 Å². The number of nitrogens with zero attached hydrogens (tertiary/aromatic N) is 1. The molecule has 104 valence electrons. The van der Waals surface area contributed by atoms with Crippen molar-refractivity contribution in [3.8, 4) is 0 Å². The molecule has 0 aliphatic heterocycles. The summed E-state index contributed by atoms with van der Waals surface area (Å²) in [7, 11) is -3.66. The predicted octanol–water partition coefficient (Wildman–Crippen LogP) is 3.72. The fraction of sp³-hybridized carbons (Fsp3) is 0.0667. The van der Waals surface area contributed by atoms with Gasteiger partial charge in [-0.3, -0.25) is 4.31 Å². The van der Waals surface area contributed by atoms with Crippen LogP contribution in [0.1, 0.15) is 0 Å². The summed E-state index contributed by atoms with van der Waals surface area (Å²) in [4.78, 5) is 0.163. The fourth-order valence-corrected chi connectivity index (χ4v) is 3.55. The van der Waals surface area contributed by atoms with Gasteiger partial charge >= 0.3 is 0 Å². The molecular weight excluding hydrogens is 294 g/mol. The second-order valence-electron chi connectivity index (χ2n) is 4.12. The SMILES string of the molecule is C=CCN(c1ccccc1)S(=O)(=O)c1cccc(Cl)c1. The molecule has 3 nitrogen and oxygen atoms in total. The number of halogens is 1. The number of anilines is 1. The van der Waals surface area contributed by atoms with E-state index in [1.54, 1.807) is 42.5 Å². The lowest BCUT2D eigenvalue weighted by Gasteiger charge is -2.23. The van der Waals surface area contributed by atoms with Gasteiger partial charge in [0.2, 0.25) is 0 Å². The molecule has 0 heterocycles. The van der Waals surface area contributed by atoms with Gasteiger partial charge in [-0.05, 0) is 30.3 Å². The van der Waals surface area contributed by atoms with Crippen LogP contribution in [0.5, 0.6) is 0 Å². The summed E-state index contributed by atoms with van der Waals surface area (Å²) in [6.07, 6.45) is 1.55. The van der Waals surface area contributed by atoms with Gasteiger partial charge in [0.25, 0.3) is 10.0 Å². The van der Waals surface area contributed by atoms with Crippen LogP contribution in [-0.4, -0.2) is 15.0 Å². The van der Waals surface area contributed by atoms with Crippen molar-refractivity contribution in [2.45, 2.75) is 4.90 Å². The van der Waals surface area contributed by atoms with Crippen LogP contribution >= 0.6 is 11.6 Å². The Morgan fingerprint density at radius 3 is 2.40 bits per heavy atom. The Bertz CT molecular complexity index is 699. The van der Waals surface area contributed by atoms with Crippen molar-refractivity contribution in [2.75, 3.05) is 10.8 Å². The summed E-state index contributed by atoms with van der Waals surface area (Å²) in [5.74, 6) is 0. The Morgan fingerprint density at radius 1 is 1.10 bits per heavy atom. The minimum Gasteiger partial charge on any atom is -0.263 e. The third-order valence-corrected chi connectivity index (χ3v) is 4.75. The van der Waals surface area contributed by atoms with Crippen LogP contribution in [0.25, 0.3) is 0 Å². The van der Waals surface area contributed by atoms with Gasteiger partial charge in [0.05, 0.1) is 17.1 Å². The van der Waals surface area contributed by atoms with Crippen molar-refractivity contribution in [1.29, 1.82) is 0 Å². The molecule has 0 saturated carbocycles. The highest BCUT2D eigenvalue weighted by Gasteiger charge is 2.23. The molecule has 0 bridgehead atoms. The average molecular weight is 308 g/mol. The molecule has 2 aromatic rings. The lowest BCUT2D eigenvalue weighted by molar-refractivity contribution is 0.593. The van der Waals surface area contributed by atoms with Crippen molar-refractivity contribution in [3.63, 3.8) is 0 Å². The van der Waals surface area contributed by atoms with E-state index >= 15 is 0 Å². The Hall–Kier alpha value is -1.78. The summed E-state index contributed by atoms with van der Waals surface area (Å²) >= 11 is 5.88. The zero-order chi connectivity index (χ0) is 14.6. The molecule has 0 unspecified atom stereocenters. The van der Waals surface area contributed by atoms with E-state index < -0.39 is 10.0 Å². The second-order valence-corrected chi connectivity index (χ2v) is 6.42. The maximum atomic E-state index is 12.7. The van der Waals surface area contributed by atoms with Gasteiger partial charge in [-0.25, -0.2) is 8.42 Å². The molecule has 0 aromatic heterocycles. The number of sulfonamides is 1. The summed E-state index contributed by atoms with van der Waals surface area (Å²) in [5, 5.41) is 0.387. The fourth-order valence-electron chi connectivity index (χ4n) is 1.81. The molecule has 0 spiro atoms. The smallest absolute Gasteiger partial charge is 0.263 e. The van der Waals surface area contributed by atoms with Gasteiger partial charge in [0, 0.05) is 5.02 Å². The predicted molar refractivity (Wildman–Crippen MR) is 82.6 cm³/mol. The van der Waals surface area contributed by atoms with E-state index in [1.807, 2.05) is 6.07 Å². The van der Waals surface area contributed by atoms with Crippen molar-refractivity contribution in [1.82, 2.24) is 0 Å². The van der Waals surface area contributed by atoms with Crippen LogP contribution in [0, 0.1) is 0 Å². The molecule has 2 rings (SSSR count). The van der Waals surface area contributed by atoms with Gasteiger partial charge in [-0.1, -0.05) is 41.9 Å². The molecule has 2 aromatic carbocycles. The van der Waals surface area contributed by atoms with Crippen LogP contribution in [-0.2, 0) is 10.0 Å². The van der Waals surface area contributed by atoms with Crippen LogP contribution in [0.2, 0.25) is 5.02 Å². The van der Waals surface area contributed by atoms with E-state index in [0.717, 1.165) is 0 Å². The molecule has 0 amide bonds. The van der Waals surface area contributed by atoms with Gasteiger partial charge in [-0.2, -0.15) is 0 Å². The Labute approximate surface area is 124 Å². The number of benzene rings is 2. The van der Waals surface area contributed by atoms with Gasteiger partial charge in [0.1, 0.15) is 0 Å². The highest BCUT2D eigenvalue weighted by molar-refractivity contribution is 7.92. The first-order valence-electron chi connectivity index (χ1n) is 6.00.